The molecule has 3 N–H and O–H groups in total. The first kappa shape index (κ1) is 40.0. The third-order valence-electron chi connectivity index (χ3n) is 10.6. The first-order valence-corrected chi connectivity index (χ1v) is 17.2. The van der Waals surface area contributed by atoms with E-state index in [0.29, 0.717) is 6.42 Å². The van der Waals surface area contributed by atoms with Crippen LogP contribution in [0.4, 0.5) is 0 Å². The molecule has 0 saturated carbocycles. The van der Waals surface area contributed by atoms with Crippen LogP contribution in [0.15, 0.2) is 11.4 Å². The largest absolute Gasteiger partial charge is 0.459 e. The minimum atomic E-state index is -1.90. The Kier molecular flexibility index (Phi) is 13.8. The third kappa shape index (κ3) is 9.02. The summed E-state index contributed by atoms with van der Waals surface area (Å²) in [4.78, 5) is 29.7. The standard InChI is InChI=1S/C33H58BN5O9/c1-11-25-33(8,43)29(41)20(4)27(36-44)18(2)16-32(7,45-10)30(21(5)28(40)22(6)31(42)47-25)48-26-15-24(14-19(3)46-26)38(9)13-12-23-17-39(34)37-35-23/h17-22,24-26,29-30,41,43-44H,11-16,34H2,1-10H3/b36-27+/t18-,19-,20+,21+,22-,24+,25-,26+,29-,30-,32-,33-/m1/s1. The molecule has 14 nitrogen and oxygen atoms in total. The lowest BCUT2D eigenvalue weighted by Gasteiger charge is -2.46. The average Bonchev–Trinajstić information content (AvgIpc) is 3.47. The van der Waals surface area contributed by atoms with Gasteiger partial charge in [-0.15, -0.1) is 5.10 Å². The minimum Gasteiger partial charge on any atom is -0.459 e. The molecule has 0 amide bonds. The van der Waals surface area contributed by atoms with E-state index in [1.807, 2.05) is 34.9 Å². The summed E-state index contributed by atoms with van der Waals surface area (Å²) < 4.78 is 26.6. The molecule has 2 aliphatic rings. The molecule has 2 saturated heterocycles. The number of nitrogens with zero attached hydrogens (tertiary/aromatic N) is 5. The SMILES string of the molecule is Bn1cc(CCN(C)[C@@H]2C[C@H](O[C@@H]3[C@@H](C)C(=O)[C@@H](C)C(=O)O[C@H](CC)[C@@](C)(O)[C@H](O)[C@@H](C)/C(=N/O)[C@H](C)C[C@@]3(C)OC)O[C@H](C)C2)nn1. The van der Waals surface area contributed by atoms with Gasteiger partial charge in [-0.25, -0.2) is 0 Å². The van der Waals surface area contributed by atoms with Crippen LogP contribution in [-0.4, -0.2) is 129 Å². The highest BCUT2D eigenvalue weighted by Crippen LogP contribution is 2.38. The maximum Gasteiger partial charge on any atom is 0.316 e. The fraction of sp³-hybridized carbons (Fsp3) is 0.848. The molecule has 0 bridgehead atoms. The Labute approximate surface area is 285 Å². The van der Waals surface area contributed by atoms with Crippen LogP contribution in [0.5, 0.6) is 0 Å². The Morgan fingerprint density at radius 3 is 2.40 bits per heavy atom. The molecule has 1 aromatic heterocycles. The molecule has 48 heavy (non-hydrogen) atoms. The van der Waals surface area contributed by atoms with Gasteiger partial charge in [0.25, 0.3) is 7.98 Å². The van der Waals surface area contributed by atoms with E-state index in [1.165, 1.54) is 21.0 Å². The third-order valence-corrected chi connectivity index (χ3v) is 10.6. The fourth-order valence-corrected chi connectivity index (χ4v) is 7.50. The van der Waals surface area contributed by atoms with Gasteiger partial charge in [0.1, 0.15) is 17.6 Å². The molecule has 2 aliphatic heterocycles. The summed E-state index contributed by atoms with van der Waals surface area (Å²) in [7, 11) is 5.43. The molecule has 15 heteroatoms. The molecule has 12 atom stereocenters. The van der Waals surface area contributed by atoms with Gasteiger partial charge in [0, 0.05) is 56.5 Å². The number of ether oxygens (including phenoxy) is 4. The van der Waals surface area contributed by atoms with Crippen LogP contribution >= 0.6 is 0 Å². The number of carbonyl (C=O) groups is 2. The van der Waals surface area contributed by atoms with Gasteiger partial charge >= 0.3 is 5.97 Å². The van der Waals surface area contributed by atoms with Gasteiger partial charge in [0.05, 0.1) is 35.3 Å². The van der Waals surface area contributed by atoms with Gasteiger partial charge < -0.3 is 43.9 Å². The van der Waals surface area contributed by atoms with E-state index in [2.05, 4.69) is 27.4 Å². The number of oxime groups is 1. The van der Waals surface area contributed by atoms with Crippen molar-refractivity contribution in [2.45, 2.75) is 135 Å². The predicted octanol–water partition coefficient (Wildman–Crippen LogP) is 1.61. The molecule has 272 valence electrons. The molecule has 3 heterocycles. The number of aliphatic hydroxyl groups excluding tert-OH is 1. The van der Waals surface area contributed by atoms with Crippen molar-refractivity contribution in [3.05, 3.63) is 11.9 Å². The van der Waals surface area contributed by atoms with Gasteiger partial charge in [-0.1, -0.05) is 38.1 Å². The predicted molar refractivity (Wildman–Crippen MR) is 180 cm³/mol. The van der Waals surface area contributed by atoms with E-state index >= 15 is 0 Å². The van der Waals surface area contributed by atoms with Crippen LogP contribution in [0.1, 0.15) is 86.8 Å². The number of hydrogen-bond donors (Lipinski definition) is 3. The molecule has 0 radical (unpaired) electrons. The van der Waals surface area contributed by atoms with Crippen molar-refractivity contribution in [2.75, 3.05) is 20.7 Å². The smallest absolute Gasteiger partial charge is 0.316 e. The minimum absolute atomic E-state index is 0.121. The maximum absolute atomic E-state index is 14.0. The summed E-state index contributed by atoms with van der Waals surface area (Å²) in [6, 6.07) is 0.121. The van der Waals surface area contributed by atoms with Gasteiger partial charge in [-0.3, -0.25) is 9.59 Å². The van der Waals surface area contributed by atoms with Crippen LogP contribution in [-0.2, 0) is 35.0 Å². The zero-order chi connectivity index (χ0) is 36.1. The van der Waals surface area contributed by atoms with E-state index < -0.39 is 71.2 Å². The van der Waals surface area contributed by atoms with Gasteiger partial charge in [0.15, 0.2) is 12.1 Å². The molecular weight excluding hydrogens is 621 g/mol. The number of methoxy groups -OCH3 is 1. The highest BCUT2D eigenvalue weighted by molar-refractivity contribution is 6.05. The number of carbonyl (C=O) groups excluding carboxylic acids is 2. The van der Waals surface area contributed by atoms with Crippen molar-refractivity contribution < 1.29 is 44.0 Å². The van der Waals surface area contributed by atoms with E-state index in [-0.39, 0.29) is 30.7 Å². The number of likely N-dealkylation sites (N-methyl/N-ethyl adjacent to an activating group) is 1. The summed E-state index contributed by atoms with van der Waals surface area (Å²) in [5.74, 6) is -4.58. The zero-order valence-corrected chi connectivity index (χ0v) is 30.6. The second-order valence-electron chi connectivity index (χ2n) is 14.5. The highest BCUT2D eigenvalue weighted by atomic mass is 16.7. The number of hydrogen-bond acceptors (Lipinski definition) is 13. The maximum atomic E-state index is 14.0. The summed E-state index contributed by atoms with van der Waals surface area (Å²) in [6.07, 6.45) is 0.0792. The van der Waals surface area contributed by atoms with Crippen molar-refractivity contribution >= 4 is 25.4 Å². The molecule has 0 unspecified atom stereocenters. The average molecular weight is 680 g/mol. The number of cyclic esters (lactones) is 1. The number of Topliss-reactive ketones (excluding diaryl/α,β-unsaturated/α-hetero) is 1. The Bertz CT molecular complexity index is 1260. The Morgan fingerprint density at radius 2 is 1.83 bits per heavy atom. The first-order chi connectivity index (χ1) is 22.4. The molecular formula is C33H58BN5O9. The van der Waals surface area contributed by atoms with Crippen molar-refractivity contribution in [1.29, 1.82) is 0 Å². The van der Waals surface area contributed by atoms with Crippen molar-refractivity contribution in [1.82, 2.24) is 19.8 Å². The summed E-state index contributed by atoms with van der Waals surface area (Å²) >= 11 is 0. The number of aromatic nitrogens is 3. The van der Waals surface area contributed by atoms with Crippen LogP contribution in [0, 0.1) is 23.7 Å². The molecule has 0 spiro atoms. The Morgan fingerprint density at radius 1 is 1.17 bits per heavy atom. The van der Waals surface area contributed by atoms with E-state index in [9.17, 15) is 25.0 Å². The molecule has 3 rings (SSSR count). The molecule has 2 fully saturated rings. The highest BCUT2D eigenvalue weighted by Gasteiger charge is 2.50. The van der Waals surface area contributed by atoms with Gasteiger partial charge in [0.2, 0.25) is 0 Å². The van der Waals surface area contributed by atoms with Gasteiger partial charge in [-0.2, -0.15) is 0 Å². The lowest BCUT2D eigenvalue weighted by Crippen LogP contribution is -2.58. The summed E-state index contributed by atoms with van der Waals surface area (Å²) in [5, 5.41) is 44.7. The quantitative estimate of drug-likeness (QED) is 0.119. The van der Waals surface area contributed by atoms with E-state index in [4.69, 9.17) is 18.9 Å². The first-order valence-electron chi connectivity index (χ1n) is 17.2. The number of ketones is 1. The van der Waals surface area contributed by atoms with Crippen LogP contribution in [0.25, 0.3) is 0 Å². The van der Waals surface area contributed by atoms with Crippen molar-refractivity contribution in [3.8, 4) is 0 Å². The molecule has 0 aliphatic carbocycles. The van der Waals surface area contributed by atoms with E-state index in [1.54, 1.807) is 25.4 Å². The summed E-state index contributed by atoms with van der Waals surface area (Å²) in [6.45, 7) is 14.3. The lowest BCUT2D eigenvalue weighted by atomic mass is 9.74. The van der Waals surface area contributed by atoms with Crippen molar-refractivity contribution in [3.63, 3.8) is 0 Å². The van der Waals surface area contributed by atoms with Crippen molar-refractivity contribution in [2.24, 2.45) is 28.8 Å². The number of aliphatic hydroxyl groups is 2. The van der Waals surface area contributed by atoms with E-state index in [0.717, 1.165) is 25.1 Å². The van der Waals surface area contributed by atoms with Crippen LogP contribution in [0.2, 0.25) is 0 Å². The Balaban J connectivity index is 1.97. The fourth-order valence-electron chi connectivity index (χ4n) is 7.50. The monoisotopic (exact) mass is 679 g/mol. The topological polar surface area (TPSA) is 178 Å². The Hall–Kier alpha value is -2.43. The zero-order valence-electron chi connectivity index (χ0n) is 30.6. The van der Waals surface area contributed by atoms with Crippen LogP contribution < -0.4 is 0 Å². The second-order valence-corrected chi connectivity index (χ2v) is 14.5. The molecule has 0 aromatic carbocycles. The second kappa shape index (κ2) is 16.5. The number of rotatable bonds is 8. The van der Waals surface area contributed by atoms with Gasteiger partial charge in [-0.05, 0) is 54.0 Å². The van der Waals surface area contributed by atoms with Crippen LogP contribution in [0.3, 0.4) is 0 Å². The normalized spacial score (nSPS) is 40.1. The molecule has 1 aromatic rings. The number of esters is 1. The lowest BCUT2D eigenvalue weighted by molar-refractivity contribution is -0.262. The summed E-state index contributed by atoms with van der Waals surface area (Å²) in [5.41, 5.74) is -1.91.